The van der Waals surface area contributed by atoms with Crippen LogP contribution in [-0.2, 0) is 10.3 Å². The normalized spacial score (nSPS) is 20.9. The van der Waals surface area contributed by atoms with Crippen LogP contribution in [0.5, 0.6) is 0 Å². The van der Waals surface area contributed by atoms with Crippen molar-refractivity contribution in [2.75, 3.05) is 13.6 Å². The summed E-state index contributed by atoms with van der Waals surface area (Å²) in [7, 11) is 2.00. The van der Waals surface area contributed by atoms with Crippen molar-refractivity contribution >= 4 is 11.6 Å². The second kappa shape index (κ2) is 7.67. The van der Waals surface area contributed by atoms with Crippen molar-refractivity contribution in [3.8, 4) is 0 Å². The monoisotopic (exact) mass is 375 g/mol. The molecule has 140 valence electrons. The van der Waals surface area contributed by atoms with E-state index in [-0.39, 0.29) is 12.5 Å². The highest BCUT2D eigenvalue weighted by Gasteiger charge is 2.41. The first-order valence-electron chi connectivity index (χ1n) is 8.97. The fourth-order valence-electron chi connectivity index (χ4n) is 3.72. The number of likely N-dealkylation sites (tertiary alicyclic amines) is 1. The van der Waals surface area contributed by atoms with Gasteiger partial charge >= 0.3 is 0 Å². The average molecular weight is 376 g/mol. The van der Waals surface area contributed by atoms with Gasteiger partial charge in [-0.05, 0) is 56.6 Å². The SMILES string of the molecule is CN1CCCC1CC(O)(O)O[C@](C)(c1ccccc1)c1ccc(Cl)cc1. The van der Waals surface area contributed by atoms with E-state index in [2.05, 4.69) is 4.90 Å². The Labute approximate surface area is 160 Å². The summed E-state index contributed by atoms with van der Waals surface area (Å²) in [4.78, 5) is 2.15. The van der Waals surface area contributed by atoms with Crippen molar-refractivity contribution < 1.29 is 14.9 Å². The fraction of sp³-hybridized carbons (Fsp3) is 0.429. The smallest absolute Gasteiger partial charge is 0.280 e. The summed E-state index contributed by atoms with van der Waals surface area (Å²) >= 11 is 6.03. The Hall–Kier alpha value is -1.43. The van der Waals surface area contributed by atoms with Crippen molar-refractivity contribution in [2.45, 2.75) is 43.8 Å². The Balaban J connectivity index is 1.92. The zero-order chi connectivity index (χ0) is 18.8. The van der Waals surface area contributed by atoms with Crippen molar-refractivity contribution in [1.82, 2.24) is 4.90 Å². The molecule has 0 amide bonds. The molecule has 1 saturated heterocycles. The van der Waals surface area contributed by atoms with Gasteiger partial charge in [0.2, 0.25) is 0 Å². The minimum Gasteiger partial charge on any atom is -0.343 e. The topological polar surface area (TPSA) is 52.9 Å². The highest BCUT2D eigenvalue weighted by atomic mass is 35.5. The average Bonchev–Trinajstić information content (AvgIpc) is 3.00. The van der Waals surface area contributed by atoms with E-state index in [0.29, 0.717) is 5.02 Å². The van der Waals surface area contributed by atoms with Crippen LogP contribution < -0.4 is 0 Å². The summed E-state index contributed by atoms with van der Waals surface area (Å²) in [5, 5.41) is 22.0. The molecular formula is C21H26ClNO3. The Morgan fingerprint density at radius 2 is 1.69 bits per heavy atom. The van der Waals surface area contributed by atoms with Crippen molar-refractivity contribution in [3.63, 3.8) is 0 Å². The molecule has 5 heteroatoms. The molecule has 3 rings (SSSR count). The van der Waals surface area contributed by atoms with Crippen molar-refractivity contribution in [3.05, 3.63) is 70.7 Å². The Morgan fingerprint density at radius 1 is 1.08 bits per heavy atom. The molecule has 0 bridgehead atoms. The summed E-state index contributed by atoms with van der Waals surface area (Å²) in [5.41, 5.74) is 0.627. The number of hydrogen-bond acceptors (Lipinski definition) is 4. The van der Waals surface area contributed by atoms with Gasteiger partial charge in [0, 0.05) is 17.5 Å². The summed E-state index contributed by atoms with van der Waals surface area (Å²) in [6.45, 7) is 2.82. The van der Waals surface area contributed by atoms with Crippen LogP contribution in [0.1, 0.15) is 37.3 Å². The standard InChI is InChI=1S/C21H26ClNO3/c1-20(16-7-4-3-5-8-16,17-10-12-18(22)13-11-17)26-21(24,25)15-19-9-6-14-23(19)2/h3-5,7-8,10-13,19,24-25H,6,9,14-15H2,1-2H3/t19?,20-/m1/s1. The summed E-state index contributed by atoms with van der Waals surface area (Å²) in [6, 6.07) is 17.0. The first-order valence-corrected chi connectivity index (χ1v) is 9.35. The molecular weight excluding hydrogens is 350 g/mol. The second-order valence-corrected chi connectivity index (χ2v) is 7.67. The van der Waals surface area contributed by atoms with Gasteiger partial charge in [0.1, 0.15) is 5.60 Å². The number of benzene rings is 2. The minimum absolute atomic E-state index is 0.0928. The lowest BCUT2D eigenvalue weighted by Gasteiger charge is -2.38. The third-order valence-corrected chi connectivity index (χ3v) is 5.51. The number of aliphatic hydroxyl groups is 2. The molecule has 0 saturated carbocycles. The zero-order valence-electron chi connectivity index (χ0n) is 15.2. The zero-order valence-corrected chi connectivity index (χ0v) is 16.0. The molecule has 1 fully saturated rings. The molecule has 2 atom stereocenters. The molecule has 26 heavy (non-hydrogen) atoms. The number of ether oxygens (including phenoxy) is 1. The van der Waals surface area contributed by atoms with Gasteiger partial charge in [-0.2, -0.15) is 0 Å². The van der Waals surface area contributed by atoms with Crippen LogP contribution in [0, 0.1) is 0 Å². The molecule has 1 heterocycles. The highest BCUT2D eigenvalue weighted by molar-refractivity contribution is 6.30. The molecule has 1 unspecified atom stereocenters. The Kier molecular flexibility index (Phi) is 5.70. The van der Waals surface area contributed by atoms with Gasteiger partial charge in [-0.3, -0.25) is 0 Å². The maximum Gasteiger partial charge on any atom is 0.280 e. The molecule has 2 aromatic carbocycles. The third-order valence-electron chi connectivity index (χ3n) is 5.26. The summed E-state index contributed by atoms with van der Waals surface area (Å²) in [6.07, 6.45) is 2.13. The quantitative estimate of drug-likeness (QED) is 0.755. The highest BCUT2D eigenvalue weighted by Crippen LogP contribution is 2.38. The molecule has 2 aromatic rings. The van der Waals surface area contributed by atoms with E-state index in [1.165, 1.54) is 0 Å². The van der Waals surface area contributed by atoms with Crippen LogP contribution in [0.2, 0.25) is 5.02 Å². The molecule has 0 spiro atoms. The van der Waals surface area contributed by atoms with Gasteiger partial charge in [-0.15, -0.1) is 0 Å². The molecule has 1 aliphatic heterocycles. The number of nitrogens with zero attached hydrogens (tertiary/aromatic N) is 1. The van der Waals surface area contributed by atoms with Crippen molar-refractivity contribution in [1.29, 1.82) is 0 Å². The molecule has 1 aliphatic rings. The molecule has 0 aliphatic carbocycles. The van der Waals surface area contributed by atoms with E-state index in [9.17, 15) is 10.2 Å². The number of rotatable bonds is 6. The van der Waals surface area contributed by atoms with Gasteiger partial charge < -0.3 is 19.8 Å². The Morgan fingerprint density at radius 3 is 2.27 bits per heavy atom. The van der Waals surface area contributed by atoms with Crippen LogP contribution >= 0.6 is 11.6 Å². The molecule has 0 aromatic heterocycles. The summed E-state index contributed by atoms with van der Waals surface area (Å²) in [5.74, 6) is -2.24. The number of hydrogen-bond donors (Lipinski definition) is 2. The first-order chi connectivity index (χ1) is 12.3. The van der Waals surface area contributed by atoms with E-state index in [0.717, 1.165) is 30.5 Å². The lowest BCUT2D eigenvalue weighted by Crippen LogP contribution is -2.46. The van der Waals surface area contributed by atoms with Crippen LogP contribution in [0.25, 0.3) is 0 Å². The van der Waals surface area contributed by atoms with Crippen LogP contribution in [0.15, 0.2) is 54.6 Å². The van der Waals surface area contributed by atoms with Crippen LogP contribution in [-0.4, -0.2) is 40.7 Å². The van der Waals surface area contributed by atoms with Crippen LogP contribution in [0.3, 0.4) is 0 Å². The summed E-state index contributed by atoms with van der Waals surface area (Å²) < 4.78 is 5.99. The van der Waals surface area contributed by atoms with Gasteiger partial charge in [0.25, 0.3) is 5.97 Å². The van der Waals surface area contributed by atoms with Gasteiger partial charge in [-0.25, -0.2) is 0 Å². The molecule has 4 nitrogen and oxygen atoms in total. The fourth-order valence-corrected chi connectivity index (χ4v) is 3.85. The first kappa shape index (κ1) is 19.3. The molecule has 2 N–H and O–H groups in total. The van der Waals surface area contributed by atoms with E-state index in [1.807, 2.05) is 56.4 Å². The minimum atomic E-state index is -2.24. The Bertz CT molecular complexity index is 720. The van der Waals surface area contributed by atoms with Gasteiger partial charge in [0.05, 0.1) is 0 Å². The second-order valence-electron chi connectivity index (χ2n) is 7.23. The maximum atomic E-state index is 10.7. The van der Waals surface area contributed by atoms with E-state index in [1.54, 1.807) is 12.1 Å². The predicted molar refractivity (Wildman–Crippen MR) is 103 cm³/mol. The predicted octanol–water partition coefficient (Wildman–Crippen LogP) is 3.74. The third kappa shape index (κ3) is 4.27. The maximum absolute atomic E-state index is 10.7. The lowest BCUT2D eigenvalue weighted by molar-refractivity contribution is -0.376. The van der Waals surface area contributed by atoms with E-state index in [4.69, 9.17) is 16.3 Å². The number of halogens is 1. The van der Waals surface area contributed by atoms with Crippen LogP contribution in [0.4, 0.5) is 0 Å². The van der Waals surface area contributed by atoms with E-state index < -0.39 is 11.6 Å². The van der Waals surface area contributed by atoms with Gasteiger partial charge in [0.15, 0.2) is 0 Å². The lowest BCUT2D eigenvalue weighted by atomic mass is 9.87. The van der Waals surface area contributed by atoms with Gasteiger partial charge in [-0.1, -0.05) is 54.1 Å². The van der Waals surface area contributed by atoms with Crippen molar-refractivity contribution in [2.24, 2.45) is 0 Å². The largest absolute Gasteiger partial charge is 0.343 e. The van der Waals surface area contributed by atoms with E-state index >= 15 is 0 Å². The molecule has 0 radical (unpaired) electrons.